The van der Waals surface area contributed by atoms with Gasteiger partial charge < -0.3 is 16.0 Å². The number of fused-ring (bicyclic) bond motifs is 3. The quantitative estimate of drug-likeness (QED) is 0.406. The molecule has 0 aromatic heterocycles. The van der Waals surface area contributed by atoms with Gasteiger partial charge in [0.15, 0.2) is 17.3 Å². The molecule has 172 valence electrons. The third-order valence-electron chi connectivity index (χ3n) is 5.88. The molecule has 0 aromatic carbocycles. The van der Waals surface area contributed by atoms with Crippen molar-refractivity contribution in [1.29, 1.82) is 0 Å². The van der Waals surface area contributed by atoms with Crippen LogP contribution < -0.4 is 16.0 Å². The van der Waals surface area contributed by atoms with Gasteiger partial charge in [-0.3, -0.25) is 14.4 Å². The summed E-state index contributed by atoms with van der Waals surface area (Å²) in [6.07, 6.45) is 30.6. The first kappa shape index (κ1) is 26.0. The van der Waals surface area contributed by atoms with Crippen LogP contribution in [0.4, 0.5) is 0 Å². The van der Waals surface area contributed by atoms with Crippen molar-refractivity contribution in [2.45, 2.75) is 37.4 Å². The van der Waals surface area contributed by atoms with E-state index in [1.54, 1.807) is 18.2 Å². The molecule has 6 nitrogen and oxygen atoms in total. The summed E-state index contributed by atoms with van der Waals surface area (Å²) >= 11 is 0. The van der Waals surface area contributed by atoms with Gasteiger partial charge in [-0.2, -0.15) is 0 Å². The number of allylic oxidation sites excluding steroid dienone is 9. The number of hydrogen-bond acceptors (Lipinski definition) is 6. The van der Waals surface area contributed by atoms with Crippen LogP contribution in [0.3, 0.4) is 0 Å². The van der Waals surface area contributed by atoms with E-state index in [0.29, 0.717) is 0 Å². The molecule has 0 saturated heterocycles. The fraction of sp³-hybridized carbons (Fsp3) is 0.222. The third kappa shape index (κ3) is 6.51. The largest absolute Gasteiger partial charge is 0.378 e. The number of carbonyl (C=O) groups excluding carboxylic acids is 3. The summed E-state index contributed by atoms with van der Waals surface area (Å²) < 4.78 is 0. The molecule has 0 bridgehead atoms. The summed E-state index contributed by atoms with van der Waals surface area (Å²) in [6.45, 7) is 0. The molecule has 0 radical (unpaired) electrons. The van der Waals surface area contributed by atoms with Crippen LogP contribution in [-0.2, 0) is 14.4 Å². The number of hydrogen-bond donors (Lipinski definition) is 3. The maximum Gasteiger partial charge on any atom is 0.181 e. The van der Waals surface area contributed by atoms with E-state index in [1.807, 2.05) is 73.3 Å². The van der Waals surface area contributed by atoms with Crippen molar-refractivity contribution in [2.75, 3.05) is 0 Å². The van der Waals surface area contributed by atoms with E-state index in [2.05, 4.69) is 16.0 Å². The van der Waals surface area contributed by atoms with E-state index in [4.69, 9.17) is 0 Å². The van der Waals surface area contributed by atoms with Crippen LogP contribution in [0, 0.1) is 40.8 Å². The average Bonchev–Trinajstić information content (AvgIpc) is 2.86. The van der Waals surface area contributed by atoms with E-state index in [0.717, 1.165) is 19.3 Å². The minimum atomic E-state index is -0.0787. The minimum absolute atomic E-state index is 0. The number of ketones is 3. The molecule has 3 heterocycles. The molecule has 0 saturated carbocycles. The number of rotatable bonds is 0. The first-order valence-electron chi connectivity index (χ1n) is 11.1. The van der Waals surface area contributed by atoms with Crippen LogP contribution in [0.5, 0.6) is 0 Å². The van der Waals surface area contributed by atoms with Gasteiger partial charge in [-0.1, -0.05) is 36.5 Å². The molecule has 3 aliphatic heterocycles. The predicted octanol–water partition coefficient (Wildman–Crippen LogP) is 2.78. The SMILES string of the molecule is O=C1C=CCC2=CC=CNC12.O=C1C=CCC2=CC=CNC12.O=C1C=CCC2=CC=CNC12.[Nd]. The first-order valence-corrected chi connectivity index (χ1v) is 11.1. The topological polar surface area (TPSA) is 87.3 Å². The Morgan fingerprint density at radius 1 is 0.529 bits per heavy atom. The van der Waals surface area contributed by atoms with Gasteiger partial charge >= 0.3 is 0 Å². The van der Waals surface area contributed by atoms with Gasteiger partial charge in [0.1, 0.15) is 18.1 Å². The van der Waals surface area contributed by atoms with Crippen molar-refractivity contribution in [2.24, 2.45) is 0 Å². The van der Waals surface area contributed by atoms with Crippen LogP contribution in [0.25, 0.3) is 0 Å². The van der Waals surface area contributed by atoms with Crippen LogP contribution in [0.2, 0.25) is 0 Å². The van der Waals surface area contributed by atoms with Gasteiger partial charge in [0.05, 0.1) is 0 Å². The Bertz CT molecular complexity index is 964. The molecular weight excluding hydrogens is 559 g/mol. The van der Waals surface area contributed by atoms with Gasteiger partial charge in [-0.25, -0.2) is 0 Å². The van der Waals surface area contributed by atoms with E-state index in [1.165, 1.54) is 16.7 Å². The molecule has 3 atom stereocenters. The predicted molar refractivity (Wildman–Crippen MR) is 129 cm³/mol. The van der Waals surface area contributed by atoms with Crippen LogP contribution >= 0.6 is 0 Å². The van der Waals surface area contributed by atoms with E-state index in [-0.39, 0.29) is 76.3 Å². The molecule has 34 heavy (non-hydrogen) atoms. The Morgan fingerprint density at radius 2 is 0.824 bits per heavy atom. The first-order chi connectivity index (χ1) is 16.1. The van der Waals surface area contributed by atoms with Crippen LogP contribution in [-0.4, -0.2) is 35.5 Å². The summed E-state index contributed by atoms with van der Waals surface area (Å²) in [6, 6.07) is -0.236. The van der Waals surface area contributed by atoms with Crippen molar-refractivity contribution >= 4 is 17.3 Å². The normalized spacial score (nSPS) is 26.6. The molecule has 3 aliphatic carbocycles. The van der Waals surface area contributed by atoms with Crippen molar-refractivity contribution < 1.29 is 55.2 Å². The van der Waals surface area contributed by atoms with E-state index >= 15 is 0 Å². The maximum atomic E-state index is 11.2. The minimum Gasteiger partial charge on any atom is -0.378 e. The number of dihydropyridines is 3. The molecule has 3 N–H and O–H groups in total. The molecule has 6 rings (SSSR count). The Labute approximate surface area is 232 Å². The molecular formula is C27H27N3NdO3. The fourth-order valence-corrected chi connectivity index (χ4v) is 4.15. The molecule has 0 fully saturated rings. The molecule has 3 unspecified atom stereocenters. The number of carbonyl (C=O) groups is 3. The molecule has 6 aliphatic rings. The van der Waals surface area contributed by atoms with Gasteiger partial charge in [-0.15, -0.1) is 0 Å². The Balaban J connectivity index is 0.000000141. The zero-order chi connectivity index (χ0) is 23.0. The third-order valence-corrected chi connectivity index (χ3v) is 5.88. The summed E-state index contributed by atoms with van der Waals surface area (Å²) in [4.78, 5) is 33.6. The van der Waals surface area contributed by atoms with Gasteiger partial charge in [0, 0.05) is 40.8 Å². The second kappa shape index (κ2) is 12.8. The molecule has 0 aromatic rings. The van der Waals surface area contributed by atoms with Crippen molar-refractivity contribution in [1.82, 2.24) is 16.0 Å². The summed E-state index contributed by atoms with van der Waals surface area (Å²) in [5, 5.41) is 9.06. The van der Waals surface area contributed by atoms with E-state index < -0.39 is 0 Å². The maximum absolute atomic E-state index is 11.2. The smallest absolute Gasteiger partial charge is 0.181 e. The fourth-order valence-electron chi connectivity index (χ4n) is 4.15. The van der Waals surface area contributed by atoms with Gasteiger partial charge in [0.2, 0.25) is 0 Å². The average molecular weight is 586 g/mol. The molecule has 7 heteroatoms. The second-order valence-electron chi connectivity index (χ2n) is 8.13. The van der Waals surface area contributed by atoms with Gasteiger partial charge in [-0.05, 0) is 91.0 Å². The van der Waals surface area contributed by atoms with Crippen LogP contribution in [0.15, 0.2) is 108 Å². The molecule has 0 amide bonds. The zero-order valence-electron chi connectivity index (χ0n) is 18.7. The summed E-state index contributed by atoms with van der Waals surface area (Å²) in [7, 11) is 0. The molecule has 0 spiro atoms. The van der Waals surface area contributed by atoms with Crippen molar-refractivity contribution in [3.8, 4) is 0 Å². The number of nitrogens with one attached hydrogen (secondary N) is 3. The van der Waals surface area contributed by atoms with E-state index in [9.17, 15) is 14.4 Å². The van der Waals surface area contributed by atoms with Crippen LogP contribution in [0.1, 0.15) is 19.3 Å². The monoisotopic (exact) mass is 583 g/mol. The van der Waals surface area contributed by atoms with Gasteiger partial charge in [0.25, 0.3) is 0 Å². The Kier molecular flexibility index (Phi) is 9.77. The summed E-state index contributed by atoms with van der Waals surface area (Å²) in [5.74, 6) is 0.477. The Morgan fingerprint density at radius 3 is 1.09 bits per heavy atom. The van der Waals surface area contributed by atoms with Crippen molar-refractivity contribution in [3.05, 3.63) is 108 Å². The standard InChI is InChI=1S/3C9H9NO.Nd/c3*11-8-5-1-3-7-4-2-6-10-9(7)8;/h3*1-2,4-6,9-10H,3H2;. The Hall–Kier alpha value is -2.58. The zero-order valence-corrected chi connectivity index (χ0v) is 21.9. The summed E-state index contributed by atoms with van der Waals surface area (Å²) in [5.41, 5.74) is 3.50. The second-order valence-corrected chi connectivity index (χ2v) is 8.13. The van der Waals surface area contributed by atoms with Crippen molar-refractivity contribution in [3.63, 3.8) is 0 Å².